The Morgan fingerprint density at radius 2 is 1.86 bits per heavy atom. The molecule has 0 spiro atoms. The Labute approximate surface area is 161 Å². The molecule has 1 N–H and O–H groups in total. The molecule has 0 saturated carbocycles. The Morgan fingerprint density at radius 3 is 2.64 bits per heavy atom. The number of aromatic nitrogens is 3. The lowest BCUT2D eigenvalue weighted by Crippen LogP contribution is -2.39. The van der Waals surface area contributed by atoms with Gasteiger partial charge in [0.05, 0.1) is 23.0 Å². The Kier molecular flexibility index (Phi) is 4.98. The first-order chi connectivity index (χ1) is 13.6. The average Bonchev–Trinajstić information content (AvgIpc) is 3.13. The minimum Gasteiger partial charge on any atom is -0.319 e. The Balaban J connectivity index is 1.34. The molecule has 28 heavy (non-hydrogen) atoms. The number of nitrogens with one attached hydrogen (secondary N) is 1. The number of rotatable bonds is 5. The lowest BCUT2D eigenvalue weighted by molar-refractivity contribution is -0.383. The van der Waals surface area contributed by atoms with Crippen molar-refractivity contribution in [2.24, 2.45) is 0 Å². The SMILES string of the molecule is O=C(CN1CCC(n2nnc3ccccc32)CC1)Nc1ccccc1[N+](=O)[O-]. The molecule has 144 valence electrons. The van der Waals surface area contributed by atoms with E-state index in [2.05, 4.69) is 20.5 Å². The predicted molar refractivity (Wildman–Crippen MR) is 104 cm³/mol. The standard InChI is InChI=1S/C19H20N6O3/c26-19(20-15-5-1-4-8-18(15)25(27)28)13-23-11-9-14(10-12-23)24-17-7-3-2-6-16(17)21-22-24/h1-8,14H,9-13H2,(H,20,26). The van der Waals surface area contributed by atoms with Crippen LogP contribution in [0.4, 0.5) is 11.4 Å². The maximum Gasteiger partial charge on any atom is 0.292 e. The Bertz CT molecular complexity index is 1010. The first-order valence-corrected chi connectivity index (χ1v) is 9.17. The van der Waals surface area contributed by atoms with E-state index in [1.54, 1.807) is 12.1 Å². The normalized spacial score (nSPS) is 15.6. The van der Waals surface area contributed by atoms with Crippen molar-refractivity contribution in [3.63, 3.8) is 0 Å². The second kappa shape index (κ2) is 7.73. The number of fused-ring (bicyclic) bond motifs is 1. The second-order valence-corrected chi connectivity index (χ2v) is 6.85. The minimum atomic E-state index is -0.496. The monoisotopic (exact) mass is 380 g/mol. The van der Waals surface area contributed by atoms with E-state index < -0.39 is 4.92 Å². The summed E-state index contributed by atoms with van der Waals surface area (Å²) in [5.41, 5.74) is 2.03. The molecule has 0 bridgehead atoms. The lowest BCUT2D eigenvalue weighted by Gasteiger charge is -2.31. The molecule has 2 aromatic carbocycles. The molecule has 9 heteroatoms. The van der Waals surface area contributed by atoms with Gasteiger partial charge in [-0.05, 0) is 31.0 Å². The van der Waals surface area contributed by atoms with Crippen molar-refractivity contribution in [3.8, 4) is 0 Å². The van der Waals surface area contributed by atoms with E-state index in [4.69, 9.17) is 0 Å². The van der Waals surface area contributed by atoms with Gasteiger partial charge >= 0.3 is 0 Å². The van der Waals surface area contributed by atoms with Crippen LogP contribution in [0.3, 0.4) is 0 Å². The second-order valence-electron chi connectivity index (χ2n) is 6.85. The van der Waals surface area contributed by atoms with E-state index >= 15 is 0 Å². The molecule has 0 unspecified atom stereocenters. The van der Waals surface area contributed by atoms with Crippen molar-refractivity contribution in [1.29, 1.82) is 0 Å². The quantitative estimate of drug-likeness (QED) is 0.539. The number of carbonyl (C=O) groups is 1. The van der Waals surface area contributed by atoms with Gasteiger partial charge in [0.25, 0.3) is 5.69 Å². The smallest absolute Gasteiger partial charge is 0.292 e. The zero-order valence-corrected chi connectivity index (χ0v) is 15.2. The van der Waals surface area contributed by atoms with Gasteiger partial charge in [-0.15, -0.1) is 5.10 Å². The van der Waals surface area contributed by atoms with Gasteiger partial charge in [-0.3, -0.25) is 19.8 Å². The molecular weight excluding hydrogens is 360 g/mol. The Hall–Kier alpha value is -3.33. The molecule has 0 aliphatic carbocycles. The molecule has 4 rings (SSSR count). The molecule has 3 aromatic rings. The van der Waals surface area contributed by atoms with E-state index in [9.17, 15) is 14.9 Å². The highest BCUT2D eigenvalue weighted by Gasteiger charge is 2.24. The first kappa shape index (κ1) is 18.1. The van der Waals surface area contributed by atoms with Crippen LogP contribution in [-0.4, -0.2) is 50.4 Å². The van der Waals surface area contributed by atoms with Gasteiger partial charge in [-0.2, -0.15) is 0 Å². The van der Waals surface area contributed by atoms with Crippen LogP contribution >= 0.6 is 0 Å². The van der Waals surface area contributed by atoms with Gasteiger partial charge in [0.2, 0.25) is 5.91 Å². The largest absolute Gasteiger partial charge is 0.319 e. The van der Waals surface area contributed by atoms with E-state index in [-0.39, 0.29) is 29.9 Å². The Morgan fingerprint density at radius 1 is 1.14 bits per heavy atom. The number of likely N-dealkylation sites (tertiary alicyclic amines) is 1. The topological polar surface area (TPSA) is 106 Å². The lowest BCUT2D eigenvalue weighted by atomic mass is 10.0. The maximum atomic E-state index is 12.3. The van der Waals surface area contributed by atoms with Crippen LogP contribution < -0.4 is 5.32 Å². The zero-order valence-electron chi connectivity index (χ0n) is 15.2. The molecule has 1 saturated heterocycles. The summed E-state index contributed by atoms with van der Waals surface area (Å²) in [6, 6.07) is 14.3. The molecule has 1 amide bonds. The maximum absolute atomic E-state index is 12.3. The van der Waals surface area contributed by atoms with Crippen molar-refractivity contribution < 1.29 is 9.72 Å². The van der Waals surface area contributed by atoms with Crippen molar-refractivity contribution in [1.82, 2.24) is 19.9 Å². The zero-order chi connectivity index (χ0) is 19.5. The van der Waals surface area contributed by atoms with Crippen molar-refractivity contribution >= 4 is 28.3 Å². The number of hydrogen-bond donors (Lipinski definition) is 1. The fraction of sp³-hybridized carbons (Fsp3) is 0.316. The summed E-state index contributed by atoms with van der Waals surface area (Å²) in [7, 11) is 0. The summed E-state index contributed by atoms with van der Waals surface area (Å²) in [6.07, 6.45) is 1.73. The summed E-state index contributed by atoms with van der Waals surface area (Å²) < 4.78 is 1.97. The third kappa shape index (κ3) is 3.70. The number of anilines is 1. The summed E-state index contributed by atoms with van der Waals surface area (Å²) >= 11 is 0. The van der Waals surface area contributed by atoms with Crippen LogP contribution in [-0.2, 0) is 4.79 Å². The van der Waals surface area contributed by atoms with Gasteiger partial charge in [-0.25, -0.2) is 4.68 Å². The van der Waals surface area contributed by atoms with Gasteiger partial charge in [0.15, 0.2) is 0 Å². The van der Waals surface area contributed by atoms with Gasteiger partial charge in [0, 0.05) is 19.2 Å². The van der Waals surface area contributed by atoms with Crippen LogP contribution in [0.1, 0.15) is 18.9 Å². The number of piperidine rings is 1. The van der Waals surface area contributed by atoms with Crippen molar-refractivity contribution in [3.05, 3.63) is 58.6 Å². The molecule has 1 aliphatic heterocycles. The van der Waals surface area contributed by atoms with Crippen LogP contribution in [0.5, 0.6) is 0 Å². The molecular formula is C19H20N6O3. The summed E-state index contributed by atoms with van der Waals surface area (Å²) in [6.45, 7) is 1.71. The molecule has 2 heterocycles. The highest BCUT2D eigenvalue weighted by Crippen LogP contribution is 2.26. The van der Waals surface area contributed by atoms with Gasteiger partial charge in [-0.1, -0.05) is 29.5 Å². The molecule has 1 aromatic heterocycles. The molecule has 0 atom stereocenters. The number of hydrogen-bond acceptors (Lipinski definition) is 6. The van der Waals surface area contributed by atoms with E-state index in [0.717, 1.165) is 37.0 Å². The number of nitro benzene ring substituents is 1. The fourth-order valence-electron chi connectivity index (χ4n) is 3.61. The van der Waals surface area contributed by atoms with Crippen molar-refractivity contribution in [2.45, 2.75) is 18.9 Å². The number of para-hydroxylation sites is 3. The van der Waals surface area contributed by atoms with Crippen LogP contribution in [0.25, 0.3) is 11.0 Å². The summed E-state index contributed by atoms with van der Waals surface area (Å²) in [5.74, 6) is -0.251. The van der Waals surface area contributed by atoms with Gasteiger partial charge in [0.1, 0.15) is 11.2 Å². The van der Waals surface area contributed by atoms with Crippen LogP contribution in [0.2, 0.25) is 0 Å². The number of carbonyl (C=O) groups excluding carboxylic acids is 1. The average molecular weight is 380 g/mol. The highest BCUT2D eigenvalue weighted by molar-refractivity contribution is 5.94. The van der Waals surface area contributed by atoms with Gasteiger partial charge < -0.3 is 5.32 Å². The fourth-order valence-corrected chi connectivity index (χ4v) is 3.61. The number of benzene rings is 2. The summed E-state index contributed by atoms with van der Waals surface area (Å²) in [4.78, 5) is 25.0. The van der Waals surface area contributed by atoms with E-state index in [1.165, 1.54) is 12.1 Å². The molecule has 9 nitrogen and oxygen atoms in total. The van der Waals surface area contributed by atoms with Crippen LogP contribution in [0.15, 0.2) is 48.5 Å². The number of amides is 1. The molecule has 1 aliphatic rings. The first-order valence-electron chi connectivity index (χ1n) is 9.17. The minimum absolute atomic E-state index is 0.104. The van der Waals surface area contributed by atoms with E-state index in [0.29, 0.717) is 0 Å². The van der Waals surface area contributed by atoms with Crippen molar-refractivity contribution in [2.75, 3.05) is 25.0 Å². The third-order valence-electron chi connectivity index (χ3n) is 5.02. The number of nitro groups is 1. The summed E-state index contributed by atoms with van der Waals surface area (Å²) in [5, 5.41) is 22.2. The molecule has 1 fully saturated rings. The number of nitrogens with zero attached hydrogens (tertiary/aromatic N) is 5. The predicted octanol–water partition coefficient (Wildman–Crippen LogP) is 2.62. The van der Waals surface area contributed by atoms with Crippen LogP contribution in [0, 0.1) is 10.1 Å². The van der Waals surface area contributed by atoms with E-state index in [1.807, 2.05) is 28.9 Å². The third-order valence-corrected chi connectivity index (χ3v) is 5.02. The highest BCUT2D eigenvalue weighted by atomic mass is 16.6. The molecule has 0 radical (unpaired) electrons.